The molecule has 1 aliphatic heterocycles. The van der Waals surface area contributed by atoms with Crippen LogP contribution in [0.2, 0.25) is 0 Å². The molecular weight excluding hydrogens is 176 g/mol. The van der Waals surface area contributed by atoms with Gasteiger partial charge in [0.15, 0.2) is 0 Å². The average molecular weight is 190 g/mol. The number of ether oxygens (including phenoxy) is 1. The van der Waals surface area contributed by atoms with E-state index >= 15 is 0 Å². The van der Waals surface area contributed by atoms with E-state index in [2.05, 4.69) is 6.07 Å². The van der Waals surface area contributed by atoms with E-state index in [1.165, 1.54) is 5.56 Å². The molecule has 0 radical (unpaired) electrons. The van der Waals surface area contributed by atoms with E-state index in [0.717, 1.165) is 22.4 Å². The number of benzene rings is 1. The third-order valence-electron chi connectivity index (χ3n) is 3.02. The summed E-state index contributed by atoms with van der Waals surface area (Å²) in [5.41, 5.74) is 4.49. The molecule has 74 valence electrons. The topological polar surface area (TPSA) is 26.3 Å². The number of hydrogen-bond acceptors (Lipinski definition) is 2. The zero-order valence-electron chi connectivity index (χ0n) is 8.97. The van der Waals surface area contributed by atoms with Gasteiger partial charge in [0.2, 0.25) is 0 Å². The molecule has 0 saturated carbocycles. The van der Waals surface area contributed by atoms with Crippen LogP contribution in [0.15, 0.2) is 6.07 Å². The van der Waals surface area contributed by atoms with Crippen LogP contribution in [-0.2, 0) is 4.79 Å². The molecule has 1 aromatic rings. The number of hydrogen-bond donors (Lipinski definition) is 0. The predicted molar refractivity (Wildman–Crippen MR) is 54.7 cm³/mol. The molecule has 0 aliphatic carbocycles. The van der Waals surface area contributed by atoms with Crippen LogP contribution in [0, 0.1) is 20.8 Å². The van der Waals surface area contributed by atoms with Crippen LogP contribution in [-0.4, -0.2) is 5.97 Å². The molecule has 1 heterocycles. The van der Waals surface area contributed by atoms with Gasteiger partial charge < -0.3 is 4.74 Å². The number of fused-ring (bicyclic) bond motifs is 1. The maximum Gasteiger partial charge on any atom is 0.318 e. The Labute approximate surface area is 83.9 Å². The Morgan fingerprint density at radius 2 is 1.86 bits per heavy atom. The maximum absolute atomic E-state index is 11.4. The lowest BCUT2D eigenvalue weighted by molar-refractivity contribution is -0.133. The van der Waals surface area contributed by atoms with Crippen LogP contribution in [0.25, 0.3) is 0 Å². The highest BCUT2D eigenvalue weighted by Crippen LogP contribution is 2.40. The van der Waals surface area contributed by atoms with Crippen LogP contribution in [0.5, 0.6) is 5.75 Å². The Kier molecular flexibility index (Phi) is 1.88. The lowest BCUT2D eigenvalue weighted by atomic mass is 9.93. The molecule has 14 heavy (non-hydrogen) atoms. The first-order valence-corrected chi connectivity index (χ1v) is 4.84. The van der Waals surface area contributed by atoms with Crippen molar-refractivity contribution < 1.29 is 9.53 Å². The number of rotatable bonds is 0. The first kappa shape index (κ1) is 9.25. The molecule has 0 N–H and O–H groups in total. The number of esters is 1. The van der Waals surface area contributed by atoms with Crippen molar-refractivity contribution >= 4 is 5.97 Å². The summed E-state index contributed by atoms with van der Waals surface area (Å²) >= 11 is 0. The summed E-state index contributed by atoms with van der Waals surface area (Å²) in [6.45, 7) is 7.97. The molecule has 0 fully saturated rings. The summed E-state index contributed by atoms with van der Waals surface area (Å²) in [7, 11) is 0. The quantitative estimate of drug-likeness (QED) is 0.464. The van der Waals surface area contributed by atoms with E-state index in [0.29, 0.717) is 0 Å². The predicted octanol–water partition coefficient (Wildman–Crippen LogP) is 2.63. The first-order valence-electron chi connectivity index (χ1n) is 4.84. The summed E-state index contributed by atoms with van der Waals surface area (Å²) in [5.74, 6) is 0.557. The van der Waals surface area contributed by atoms with Gasteiger partial charge in [-0.25, -0.2) is 0 Å². The van der Waals surface area contributed by atoms with E-state index in [9.17, 15) is 4.79 Å². The standard InChI is InChI=1S/C12H14O2/c1-6-5-7(2)10-9(4)12(13)14-11(10)8(6)3/h5,9H,1-4H3. The van der Waals surface area contributed by atoms with Crippen molar-refractivity contribution in [2.45, 2.75) is 33.6 Å². The molecule has 1 atom stereocenters. The van der Waals surface area contributed by atoms with Gasteiger partial charge in [0.05, 0.1) is 5.92 Å². The third-order valence-corrected chi connectivity index (χ3v) is 3.02. The van der Waals surface area contributed by atoms with Crippen LogP contribution < -0.4 is 4.74 Å². The van der Waals surface area contributed by atoms with E-state index in [1.807, 2.05) is 27.7 Å². The van der Waals surface area contributed by atoms with Gasteiger partial charge in [-0.3, -0.25) is 4.79 Å². The Morgan fingerprint density at radius 3 is 2.50 bits per heavy atom. The molecule has 0 bridgehead atoms. The lowest BCUT2D eigenvalue weighted by Crippen LogP contribution is -2.06. The second kappa shape index (κ2) is 2.84. The lowest BCUT2D eigenvalue weighted by Gasteiger charge is -2.09. The van der Waals surface area contributed by atoms with Crippen LogP contribution >= 0.6 is 0 Å². The fourth-order valence-corrected chi connectivity index (χ4v) is 2.05. The summed E-state index contributed by atoms with van der Waals surface area (Å²) in [5, 5.41) is 0. The summed E-state index contributed by atoms with van der Waals surface area (Å²) in [6.07, 6.45) is 0. The van der Waals surface area contributed by atoms with Crippen molar-refractivity contribution in [2.24, 2.45) is 0 Å². The molecule has 2 rings (SSSR count). The van der Waals surface area contributed by atoms with E-state index in [-0.39, 0.29) is 11.9 Å². The molecule has 1 unspecified atom stereocenters. The molecule has 2 nitrogen and oxygen atoms in total. The van der Waals surface area contributed by atoms with Crippen molar-refractivity contribution in [3.05, 3.63) is 28.3 Å². The minimum atomic E-state index is -0.128. The second-order valence-electron chi connectivity index (χ2n) is 4.02. The van der Waals surface area contributed by atoms with Gasteiger partial charge in [0.1, 0.15) is 5.75 Å². The minimum absolute atomic E-state index is 0.107. The fourth-order valence-electron chi connectivity index (χ4n) is 2.05. The fraction of sp³-hybridized carbons (Fsp3) is 0.417. The maximum atomic E-state index is 11.4. The highest BCUT2D eigenvalue weighted by molar-refractivity contribution is 5.87. The Balaban J connectivity index is 2.73. The van der Waals surface area contributed by atoms with Crippen molar-refractivity contribution in [3.63, 3.8) is 0 Å². The van der Waals surface area contributed by atoms with E-state index in [1.54, 1.807) is 0 Å². The highest BCUT2D eigenvalue weighted by atomic mass is 16.5. The van der Waals surface area contributed by atoms with Crippen LogP contribution in [0.3, 0.4) is 0 Å². The van der Waals surface area contributed by atoms with Crippen LogP contribution in [0.4, 0.5) is 0 Å². The van der Waals surface area contributed by atoms with E-state index in [4.69, 9.17) is 4.74 Å². The summed E-state index contributed by atoms with van der Waals surface area (Å²) < 4.78 is 5.27. The number of aryl methyl sites for hydroxylation is 2. The summed E-state index contributed by atoms with van der Waals surface area (Å²) in [6, 6.07) is 2.12. The minimum Gasteiger partial charge on any atom is -0.425 e. The number of carbonyl (C=O) groups excluding carboxylic acids is 1. The van der Waals surface area contributed by atoms with Crippen molar-refractivity contribution in [1.82, 2.24) is 0 Å². The molecule has 2 heteroatoms. The Hall–Kier alpha value is -1.31. The van der Waals surface area contributed by atoms with Gasteiger partial charge in [0, 0.05) is 5.56 Å². The second-order valence-corrected chi connectivity index (χ2v) is 4.02. The first-order chi connectivity index (χ1) is 6.52. The van der Waals surface area contributed by atoms with Gasteiger partial charge in [0.25, 0.3) is 0 Å². The highest BCUT2D eigenvalue weighted by Gasteiger charge is 2.32. The van der Waals surface area contributed by atoms with Crippen molar-refractivity contribution in [2.75, 3.05) is 0 Å². The zero-order valence-corrected chi connectivity index (χ0v) is 8.97. The SMILES string of the molecule is Cc1cc(C)c2c(c1C)OC(=O)C2C. The zero-order chi connectivity index (χ0) is 10.5. The van der Waals surface area contributed by atoms with Gasteiger partial charge in [-0.15, -0.1) is 0 Å². The Bertz CT molecular complexity index is 419. The third kappa shape index (κ3) is 1.07. The number of carbonyl (C=O) groups is 1. The van der Waals surface area contributed by atoms with Crippen molar-refractivity contribution in [3.8, 4) is 5.75 Å². The smallest absolute Gasteiger partial charge is 0.318 e. The molecule has 1 aliphatic rings. The molecule has 0 amide bonds. The average Bonchev–Trinajstić information content (AvgIpc) is 2.40. The molecule has 0 aromatic heterocycles. The van der Waals surface area contributed by atoms with Gasteiger partial charge >= 0.3 is 5.97 Å². The molecular formula is C12H14O2. The largest absolute Gasteiger partial charge is 0.425 e. The Morgan fingerprint density at radius 1 is 1.21 bits per heavy atom. The van der Waals surface area contributed by atoms with Crippen LogP contribution in [0.1, 0.15) is 35.1 Å². The molecule has 0 spiro atoms. The normalized spacial score (nSPS) is 19.4. The molecule has 1 aromatic carbocycles. The van der Waals surface area contributed by atoms with Gasteiger partial charge in [-0.1, -0.05) is 6.07 Å². The van der Waals surface area contributed by atoms with Gasteiger partial charge in [-0.05, 0) is 44.4 Å². The van der Waals surface area contributed by atoms with Gasteiger partial charge in [-0.2, -0.15) is 0 Å². The van der Waals surface area contributed by atoms with Crippen molar-refractivity contribution in [1.29, 1.82) is 0 Å². The monoisotopic (exact) mass is 190 g/mol. The molecule has 0 saturated heterocycles. The van der Waals surface area contributed by atoms with E-state index < -0.39 is 0 Å². The summed E-state index contributed by atoms with van der Waals surface area (Å²) in [4.78, 5) is 11.4.